The van der Waals surface area contributed by atoms with Crippen LogP contribution in [0.4, 0.5) is 5.69 Å². The Labute approximate surface area is 131 Å². The largest absolute Gasteiger partial charge is 0.395 e. The lowest BCUT2D eigenvalue weighted by Gasteiger charge is -2.27. The molecule has 4 nitrogen and oxygen atoms in total. The summed E-state index contributed by atoms with van der Waals surface area (Å²) in [6, 6.07) is 5.56. The predicted octanol–water partition coefficient (Wildman–Crippen LogP) is 2.82. The summed E-state index contributed by atoms with van der Waals surface area (Å²) in [6.45, 7) is 3.24. The molecule has 1 aliphatic heterocycles. The van der Waals surface area contributed by atoms with Gasteiger partial charge in [0.25, 0.3) is 0 Å². The Hall–Kier alpha value is -1.10. The van der Waals surface area contributed by atoms with Crippen LogP contribution in [0.25, 0.3) is 0 Å². The van der Waals surface area contributed by atoms with E-state index in [0.717, 1.165) is 37.1 Å². The molecule has 0 bridgehead atoms. The SMILES string of the molecule is Cc1ccc(Cl)cc1NC(=O)CN1CCCCCC1CO. The fourth-order valence-electron chi connectivity index (χ4n) is 2.75. The van der Waals surface area contributed by atoms with Crippen molar-refractivity contribution in [2.45, 2.75) is 38.6 Å². The third kappa shape index (κ3) is 4.70. The number of carbonyl (C=O) groups excluding carboxylic acids is 1. The third-order valence-corrected chi connectivity index (χ3v) is 4.27. The maximum Gasteiger partial charge on any atom is 0.238 e. The van der Waals surface area contributed by atoms with Gasteiger partial charge < -0.3 is 10.4 Å². The molecule has 1 aromatic rings. The molecule has 1 aliphatic rings. The summed E-state index contributed by atoms with van der Waals surface area (Å²) < 4.78 is 0. The zero-order valence-corrected chi connectivity index (χ0v) is 13.2. The number of hydrogen-bond donors (Lipinski definition) is 2. The lowest BCUT2D eigenvalue weighted by molar-refractivity contribution is -0.118. The molecule has 0 radical (unpaired) electrons. The molecule has 2 N–H and O–H groups in total. The van der Waals surface area contributed by atoms with E-state index in [1.165, 1.54) is 6.42 Å². The molecule has 2 rings (SSSR count). The molecule has 0 aliphatic carbocycles. The predicted molar refractivity (Wildman–Crippen MR) is 85.7 cm³/mol. The van der Waals surface area contributed by atoms with Gasteiger partial charge in [0.05, 0.1) is 13.2 Å². The van der Waals surface area contributed by atoms with Crippen molar-refractivity contribution < 1.29 is 9.90 Å². The Bertz CT molecular complexity index is 493. The first-order valence-corrected chi connectivity index (χ1v) is 7.89. The van der Waals surface area contributed by atoms with Crippen LogP contribution in [0.1, 0.15) is 31.2 Å². The summed E-state index contributed by atoms with van der Waals surface area (Å²) in [4.78, 5) is 14.3. The number of hydrogen-bond acceptors (Lipinski definition) is 3. The topological polar surface area (TPSA) is 52.6 Å². The number of aryl methyl sites for hydroxylation is 1. The van der Waals surface area contributed by atoms with Gasteiger partial charge in [-0.1, -0.05) is 30.5 Å². The summed E-state index contributed by atoms with van der Waals surface area (Å²) in [6.07, 6.45) is 4.33. The summed E-state index contributed by atoms with van der Waals surface area (Å²) in [5.74, 6) is -0.0549. The van der Waals surface area contributed by atoms with E-state index in [2.05, 4.69) is 10.2 Å². The van der Waals surface area contributed by atoms with Gasteiger partial charge in [0.15, 0.2) is 0 Å². The van der Waals surface area contributed by atoms with Crippen LogP contribution in [-0.4, -0.2) is 41.7 Å². The van der Waals surface area contributed by atoms with E-state index in [1.54, 1.807) is 6.07 Å². The molecule has 1 amide bonds. The van der Waals surface area contributed by atoms with Crippen molar-refractivity contribution in [3.8, 4) is 0 Å². The summed E-state index contributed by atoms with van der Waals surface area (Å²) in [7, 11) is 0. The molecule has 1 saturated heterocycles. The van der Waals surface area contributed by atoms with Crippen LogP contribution >= 0.6 is 11.6 Å². The summed E-state index contributed by atoms with van der Waals surface area (Å²) in [5, 5.41) is 13.0. The van der Waals surface area contributed by atoms with E-state index in [9.17, 15) is 9.90 Å². The highest BCUT2D eigenvalue weighted by Gasteiger charge is 2.22. The van der Waals surface area contributed by atoms with E-state index < -0.39 is 0 Å². The molecular formula is C16H23ClN2O2. The van der Waals surface area contributed by atoms with Gasteiger partial charge in [-0.3, -0.25) is 9.69 Å². The first-order chi connectivity index (χ1) is 10.1. The summed E-state index contributed by atoms with van der Waals surface area (Å²) in [5.41, 5.74) is 1.74. The van der Waals surface area contributed by atoms with Crippen molar-refractivity contribution in [1.29, 1.82) is 0 Å². The van der Waals surface area contributed by atoms with E-state index in [4.69, 9.17) is 11.6 Å². The number of anilines is 1. The minimum atomic E-state index is -0.0549. The molecule has 116 valence electrons. The lowest BCUT2D eigenvalue weighted by Crippen LogP contribution is -2.42. The van der Waals surface area contributed by atoms with Gasteiger partial charge in [0.2, 0.25) is 5.91 Å². The first kappa shape index (κ1) is 16.3. The number of nitrogens with zero attached hydrogens (tertiary/aromatic N) is 1. The van der Waals surface area contributed by atoms with E-state index >= 15 is 0 Å². The highest BCUT2D eigenvalue weighted by molar-refractivity contribution is 6.31. The molecule has 0 spiro atoms. The minimum absolute atomic E-state index is 0.0549. The molecule has 1 heterocycles. The maximum absolute atomic E-state index is 12.2. The highest BCUT2D eigenvalue weighted by atomic mass is 35.5. The van der Waals surface area contributed by atoms with Crippen LogP contribution in [0.3, 0.4) is 0 Å². The van der Waals surface area contributed by atoms with E-state index in [0.29, 0.717) is 11.6 Å². The number of amides is 1. The van der Waals surface area contributed by atoms with Crippen molar-refractivity contribution in [3.63, 3.8) is 0 Å². The maximum atomic E-state index is 12.2. The van der Waals surface area contributed by atoms with Gasteiger partial charge in [-0.2, -0.15) is 0 Å². The standard InChI is InChI=1S/C16H23ClN2O2/c1-12-6-7-13(17)9-15(12)18-16(21)10-19-8-4-2-3-5-14(19)11-20/h6-7,9,14,20H,2-5,8,10-11H2,1H3,(H,18,21). The molecule has 0 aromatic heterocycles. The number of halogens is 1. The van der Waals surface area contributed by atoms with E-state index in [1.807, 2.05) is 19.1 Å². The van der Waals surface area contributed by atoms with Crippen LogP contribution in [0.2, 0.25) is 5.02 Å². The molecule has 21 heavy (non-hydrogen) atoms. The van der Waals surface area contributed by atoms with Gasteiger partial charge in [-0.15, -0.1) is 0 Å². The van der Waals surface area contributed by atoms with Crippen LogP contribution in [0.15, 0.2) is 18.2 Å². The number of rotatable bonds is 4. The second-order valence-corrected chi connectivity index (χ2v) is 6.10. The molecule has 1 aromatic carbocycles. The Balaban J connectivity index is 1.98. The number of aliphatic hydroxyl groups excluding tert-OH is 1. The quantitative estimate of drug-likeness (QED) is 0.899. The zero-order valence-electron chi connectivity index (χ0n) is 12.4. The van der Waals surface area contributed by atoms with Crippen LogP contribution < -0.4 is 5.32 Å². The van der Waals surface area contributed by atoms with Gasteiger partial charge in [0.1, 0.15) is 0 Å². The van der Waals surface area contributed by atoms with Crippen LogP contribution in [-0.2, 0) is 4.79 Å². The van der Waals surface area contributed by atoms with Gasteiger partial charge in [0, 0.05) is 16.8 Å². The number of aliphatic hydroxyl groups is 1. The Kier molecular flexibility index (Phi) is 6.03. The first-order valence-electron chi connectivity index (χ1n) is 7.51. The smallest absolute Gasteiger partial charge is 0.238 e. The normalized spacial score (nSPS) is 20.0. The van der Waals surface area contributed by atoms with Crippen molar-refractivity contribution in [2.24, 2.45) is 0 Å². The van der Waals surface area contributed by atoms with Gasteiger partial charge in [-0.05, 0) is 44.0 Å². The van der Waals surface area contributed by atoms with E-state index in [-0.39, 0.29) is 18.6 Å². The number of carbonyl (C=O) groups is 1. The average Bonchev–Trinajstić information content (AvgIpc) is 2.68. The van der Waals surface area contributed by atoms with Crippen molar-refractivity contribution in [3.05, 3.63) is 28.8 Å². The van der Waals surface area contributed by atoms with Crippen LogP contribution in [0.5, 0.6) is 0 Å². The molecule has 5 heteroatoms. The molecular weight excluding hydrogens is 288 g/mol. The number of nitrogens with one attached hydrogen (secondary N) is 1. The Morgan fingerprint density at radius 1 is 1.43 bits per heavy atom. The fraction of sp³-hybridized carbons (Fsp3) is 0.562. The van der Waals surface area contributed by atoms with Crippen LogP contribution in [0, 0.1) is 6.92 Å². The monoisotopic (exact) mass is 310 g/mol. The van der Waals surface area contributed by atoms with Crippen molar-refractivity contribution in [2.75, 3.05) is 25.0 Å². The van der Waals surface area contributed by atoms with Crippen molar-refractivity contribution in [1.82, 2.24) is 4.90 Å². The number of benzene rings is 1. The number of likely N-dealkylation sites (tertiary alicyclic amines) is 1. The van der Waals surface area contributed by atoms with Gasteiger partial charge >= 0.3 is 0 Å². The zero-order chi connectivity index (χ0) is 15.2. The second kappa shape index (κ2) is 7.78. The second-order valence-electron chi connectivity index (χ2n) is 5.66. The average molecular weight is 311 g/mol. The van der Waals surface area contributed by atoms with Crippen molar-refractivity contribution >= 4 is 23.2 Å². The molecule has 1 fully saturated rings. The van der Waals surface area contributed by atoms with Gasteiger partial charge in [-0.25, -0.2) is 0 Å². The Morgan fingerprint density at radius 3 is 3.00 bits per heavy atom. The minimum Gasteiger partial charge on any atom is -0.395 e. The fourth-order valence-corrected chi connectivity index (χ4v) is 2.93. The Morgan fingerprint density at radius 2 is 2.24 bits per heavy atom. The molecule has 1 unspecified atom stereocenters. The molecule has 0 saturated carbocycles. The lowest BCUT2D eigenvalue weighted by atomic mass is 10.1. The third-order valence-electron chi connectivity index (χ3n) is 4.03. The summed E-state index contributed by atoms with van der Waals surface area (Å²) >= 11 is 5.96. The molecule has 1 atom stereocenters. The highest BCUT2D eigenvalue weighted by Crippen LogP contribution is 2.21.